The second-order valence-corrected chi connectivity index (χ2v) is 12.3. The van der Waals surface area contributed by atoms with Gasteiger partial charge < -0.3 is 14.6 Å². The minimum Gasteiger partial charge on any atom is -0.441 e. The number of amides is 1. The van der Waals surface area contributed by atoms with E-state index < -0.39 is 21.1 Å². The van der Waals surface area contributed by atoms with Crippen LogP contribution in [0.5, 0.6) is 0 Å². The molecule has 0 aliphatic carbocycles. The second kappa shape index (κ2) is 10.5. The molecule has 1 aliphatic rings. The highest BCUT2D eigenvalue weighted by molar-refractivity contribution is 7.92. The van der Waals surface area contributed by atoms with E-state index in [1.54, 1.807) is 29.4 Å². The number of piperidine rings is 1. The van der Waals surface area contributed by atoms with Crippen LogP contribution in [0.4, 0.5) is 10.8 Å². The molecule has 3 aromatic rings. The highest BCUT2D eigenvalue weighted by Gasteiger charge is 2.40. The normalized spacial score (nSPS) is 18.4. The van der Waals surface area contributed by atoms with Crippen molar-refractivity contribution in [3.05, 3.63) is 58.9 Å². The van der Waals surface area contributed by atoms with Gasteiger partial charge in [-0.2, -0.15) is 0 Å². The van der Waals surface area contributed by atoms with Gasteiger partial charge in [-0.3, -0.25) is 4.79 Å². The number of nitrogens with zero attached hydrogens (tertiary/aromatic N) is 3. The summed E-state index contributed by atoms with van der Waals surface area (Å²) in [5.74, 6) is 0.966. The number of pyridine rings is 1. The lowest BCUT2D eigenvalue weighted by molar-refractivity contribution is -0.120. The van der Waals surface area contributed by atoms with Gasteiger partial charge in [-0.15, -0.1) is 17.9 Å². The van der Waals surface area contributed by atoms with Crippen LogP contribution in [0.25, 0.3) is 11.5 Å². The molecule has 1 aliphatic heterocycles. The number of aryl methyl sites for hydroxylation is 2. The molecule has 35 heavy (non-hydrogen) atoms. The van der Waals surface area contributed by atoms with E-state index in [-0.39, 0.29) is 18.1 Å². The quantitative estimate of drug-likeness (QED) is 0.400. The van der Waals surface area contributed by atoms with Crippen LogP contribution in [-0.2, 0) is 21.1 Å². The molecule has 0 aromatic carbocycles. The van der Waals surface area contributed by atoms with Crippen molar-refractivity contribution in [2.45, 2.75) is 38.5 Å². The first-order chi connectivity index (χ1) is 16.7. The molecular weight excluding hydrogens is 508 g/mol. The van der Waals surface area contributed by atoms with E-state index >= 15 is 0 Å². The molecular formula is C24H27ClN4O4S2. The molecule has 2 atom stereocenters. The van der Waals surface area contributed by atoms with E-state index in [1.165, 1.54) is 17.4 Å². The predicted octanol–water partition coefficient (Wildman–Crippen LogP) is 5.10. The average molecular weight is 535 g/mol. The van der Waals surface area contributed by atoms with Crippen molar-refractivity contribution < 1.29 is 17.6 Å². The molecule has 4 heterocycles. The summed E-state index contributed by atoms with van der Waals surface area (Å²) in [7, 11) is -3.61. The first-order valence-corrected chi connectivity index (χ1v) is 14.2. The zero-order valence-electron chi connectivity index (χ0n) is 19.5. The molecule has 1 saturated heterocycles. The Hall–Kier alpha value is -2.69. The van der Waals surface area contributed by atoms with Crippen LogP contribution in [0, 0.1) is 12.8 Å². The molecule has 0 spiro atoms. The Balaban J connectivity index is 1.60. The zero-order chi connectivity index (χ0) is 25.2. The fourth-order valence-electron chi connectivity index (χ4n) is 4.22. The van der Waals surface area contributed by atoms with Gasteiger partial charge in [0.25, 0.3) is 0 Å². The number of oxazole rings is 1. The Labute approximate surface area is 214 Å². The van der Waals surface area contributed by atoms with Gasteiger partial charge in [0.2, 0.25) is 11.8 Å². The summed E-state index contributed by atoms with van der Waals surface area (Å²) in [6.07, 6.45) is 6.10. The van der Waals surface area contributed by atoms with Gasteiger partial charge in [0.05, 0.1) is 26.9 Å². The molecule has 11 heteroatoms. The van der Waals surface area contributed by atoms with E-state index in [2.05, 4.69) is 21.9 Å². The SMILES string of the molecule is C=CCS(=O)(=O)C1CC(C(=O)Nc2ccc(Cl)s2)CCN1c1ncc(-c2ncc(CC)o2)cc1C. The second-order valence-electron chi connectivity index (χ2n) is 8.43. The van der Waals surface area contributed by atoms with E-state index in [0.29, 0.717) is 34.0 Å². The topological polar surface area (TPSA) is 105 Å². The Morgan fingerprint density at radius 3 is 2.80 bits per heavy atom. The summed E-state index contributed by atoms with van der Waals surface area (Å²) in [4.78, 5) is 23.6. The fourth-order valence-corrected chi connectivity index (χ4v) is 6.83. The first kappa shape index (κ1) is 25.4. The van der Waals surface area contributed by atoms with Crippen LogP contribution in [0.15, 0.2) is 47.7 Å². The lowest BCUT2D eigenvalue weighted by atomic mass is 9.95. The van der Waals surface area contributed by atoms with E-state index in [9.17, 15) is 13.2 Å². The number of sulfone groups is 1. The van der Waals surface area contributed by atoms with Gasteiger partial charge in [0.1, 0.15) is 17.0 Å². The summed E-state index contributed by atoms with van der Waals surface area (Å²) in [5, 5.41) is 2.60. The standard InChI is InChI=1S/C24H27ClN4O4S2/c1-4-10-35(31,32)21-12-16(23(30)28-20-7-6-19(25)34-20)8-9-29(21)22-15(3)11-17(13-26-22)24-27-14-18(5-2)33-24/h4,6-7,11,13-14,16,21H,1,5,8-10,12H2,2-3H3,(H,28,30). The Bertz CT molecular complexity index is 1330. The highest BCUT2D eigenvalue weighted by atomic mass is 35.5. The lowest BCUT2D eigenvalue weighted by Crippen LogP contribution is -2.50. The molecule has 8 nitrogen and oxygen atoms in total. The summed E-state index contributed by atoms with van der Waals surface area (Å²) in [5.41, 5.74) is 1.52. The highest BCUT2D eigenvalue weighted by Crippen LogP contribution is 2.35. The van der Waals surface area contributed by atoms with Crippen molar-refractivity contribution in [1.82, 2.24) is 9.97 Å². The van der Waals surface area contributed by atoms with Crippen molar-refractivity contribution in [1.29, 1.82) is 0 Å². The van der Waals surface area contributed by atoms with Crippen LogP contribution in [0.2, 0.25) is 4.34 Å². The fraction of sp³-hybridized carbons (Fsp3) is 0.375. The van der Waals surface area contributed by atoms with Gasteiger partial charge in [-0.25, -0.2) is 18.4 Å². The molecule has 0 bridgehead atoms. The smallest absolute Gasteiger partial charge is 0.228 e. The minimum absolute atomic E-state index is 0.156. The number of halogens is 1. The predicted molar refractivity (Wildman–Crippen MR) is 140 cm³/mol. The maximum Gasteiger partial charge on any atom is 0.228 e. The Morgan fingerprint density at radius 1 is 1.37 bits per heavy atom. The molecule has 3 aromatic heterocycles. The lowest BCUT2D eigenvalue weighted by Gasteiger charge is -2.39. The van der Waals surface area contributed by atoms with Crippen molar-refractivity contribution in [2.75, 3.05) is 22.5 Å². The van der Waals surface area contributed by atoms with Crippen molar-refractivity contribution in [3.63, 3.8) is 0 Å². The number of rotatable bonds is 8. The molecule has 4 rings (SSSR count). The number of anilines is 2. The third-order valence-corrected chi connectivity index (χ3v) is 9.10. The molecule has 186 valence electrons. The van der Waals surface area contributed by atoms with E-state index in [1.807, 2.05) is 19.9 Å². The van der Waals surface area contributed by atoms with Gasteiger partial charge in [-0.05, 0) is 43.5 Å². The number of thiophene rings is 1. The van der Waals surface area contributed by atoms with Crippen LogP contribution in [-0.4, -0.2) is 42.0 Å². The largest absolute Gasteiger partial charge is 0.441 e. The minimum atomic E-state index is -3.61. The number of hydrogen-bond donors (Lipinski definition) is 1. The number of carbonyl (C=O) groups excluding carboxylic acids is 1. The molecule has 1 N–H and O–H groups in total. The summed E-state index contributed by atoms with van der Waals surface area (Å²) in [6, 6.07) is 5.34. The summed E-state index contributed by atoms with van der Waals surface area (Å²) in [6.45, 7) is 7.84. The van der Waals surface area contributed by atoms with Crippen molar-refractivity contribution in [2.24, 2.45) is 5.92 Å². The number of aromatic nitrogens is 2. The molecule has 1 fully saturated rings. The first-order valence-electron chi connectivity index (χ1n) is 11.3. The van der Waals surface area contributed by atoms with Crippen molar-refractivity contribution >= 4 is 49.5 Å². The van der Waals surface area contributed by atoms with Gasteiger partial charge in [0, 0.05) is 25.1 Å². The van der Waals surface area contributed by atoms with Crippen LogP contribution in [0.3, 0.4) is 0 Å². The van der Waals surface area contributed by atoms with Gasteiger partial charge >= 0.3 is 0 Å². The monoisotopic (exact) mass is 534 g/mol. The van der Waals surface area contributed by atoms with Gasteiger partial charge in [0.15, 0.2) is 9.84 Å². The van der Waals surface area contributed by atoms with E-state index in [0.717, 1.165) is 23.3 Å². The Kier molecular flexibility index (Phi) is 7.63. The third-order valence-electron chi connectivity index (χ3n) is 5.98. The maximum absolute atomic E-state index is 13.2. The molecule has 0 saturated carbocycles. The summed E-state index contributed by atoms with van der Waals surface area (Å²) >= 11 is 7.23. The molecule has 1 amide bonds. The summed E-state index contributed by atoms with van der Waals surface area (Å²) < 4.78 is 32.7. The molecule has 0 radical (unpaired) electrons. The van der Waals surface area contributed by atoms with E-state index in [4.69, 9.17) is 16.0 Å². The van der Waals surface area contributed by atoms with Crippen molar-refractivity contribution in [3.8, 4) is 11.5 Å². The maximum atomic E-state index is 13.2. The zero-order valence-corrected chi connectivity index (χ0v) is 21.9. The third kappa shape index (κ3) is 5.60. The number of hydrogen-bond acceptors (Lipinski definition) is 8. The van der Waals surface area contributed by atoms with Crippen LogP contribution >= 0.6 is 22.9 Å². The average Bonchev–Trinajstić information content (AvgIpc) is 3.47. The Morgan fingerprint density at radius 2 is 2.17 bits per heavy atom. The number of carbonyl (C=O) groups is 1. The number of nitrogens with one attached hydrogen (secondary N) is 1. The van der Waals surface area contributed by atoms with Gasteiger partial charge in [-0.1, -0.05) is 24.6 Å². The molecule has 2 unspecified atom stereocenters. The van der Waals surface area contributed by atoms with Crippen LogP contribution in [0.1, 0.15) is 31.1 Å². The van der Waals surface area contributed by atoms with Crippen LogP contribution < -0.4 is 10.2 Å².